The van der Waals surface area contributed by atoms with Crippen LogP contribution in [0, 0.1) is 13.8 Å². The molecule has 192 valence electrons. The van der Waals surface area contributed by atoms with E-state index < -0.39 is 39.2 Å². The second-order valence-electron chi connectivity index (χ2n) is 7.87. The molecular weight excluding hydrogens is 540 g/mol. The lowest BCUT2D eigenvalue weighted by Gasteiger charge is -2.22. The van der Waals surface area contributed by atoms with Crippen molar-refractivity contribution >= 4 is 51.0 Å². The zero-order valence-electron chi connectivity index (χ0n) is 19.3. The molecule has 36 heavy (non-hydrogen) atoms. The summed E-state index contributed by atoms with van der Waals surface area (Å²) >= 11 is 11.7. The van der Waals surface area contributed by atoms with Crippen molar-refractivity contribution in [2.24, 2.45) is 5.10 Å². The van der Waals surface area contributed by atoms with Gasteiger partial charge in [0.05, 0.1) is 28.7 Å². The minimum absolute atomic E-state index is 0.363. The number of nitrogens with one attached hydrogen (secondary N) is 1. The Hall–Kier alpha value is -3.02. The molecule has 0 atom stereocenters. The van der Waals surface area contributed by atoms with E-state index in [0.29, 0.717) is 21.0 Å². The second kappa shape index (κ2) is 10.5. The number of alkyl halides is 3. The Morgan fingerprint density at radius 1 is 1.14 bits per heavy atom. The summed E-state index contributed by atoms with van der Waals surface area (Å²) in [6.45, 7) is 2.94. The first-order chi connectivity index (χ1) is 16.7. The van der Waals surface area contributed by atoms with Crippen LogP contribution in [0.1, 0.15) is 22.5 Å². The highest BCUT2D eigenvalue weighted by atomic mass is 35.5. The lowest BCUT2D eigenvalue weighted by Crippen LogP contribution is -2.39. The number of anilines is 1. The number of nitrogens with zero attached hydrogens (tertiary/aromatic N) is 3. The smallest absolute Gasteiger partial charge is 0.318 e. The number of amides is 1. The van der Waals surface area contributed by atoms with Gasteiger partial charge in [-0.3, -0.25) is 9.10 Å². The van der Waals surface area contributed by atoms with Crippen molar-refractivity contribution in [3.63, 3.8) is 0 Å². The Balaban J connectivity index is 1.79. The predicted molar refractivity (Wildman–Crippen MR) is 135 cm³/mol. The van der Waals surface area contributed by atoms with Crippen LogP contribution in [0.15, 0.2) is 53.6 Å². The number of halogens is 5. The van der Waals surface area contributed by atoms with E-state index in [1.54, 1.807) is 12.1 Å². The summed E-state index contributed by atoms with van der Waals surface area (Å²) in [6.07, 6.45) is -2.65. The normalized spacial score (nSPS) is 12.2. The van der Waals surface area contributed by atoms with Crippen LogP contribution in [0.4, 0.5) is 18.9 Å². The summed E-state index contributed by atoms with van der Waals surface area (Å²) in [7, 11) is -4.11. The molecule has 1 N–H and O–H groups in total. The average Bonchev–Trinajstić information content (AvgIpc) is 3.04. The maximum Gasteiger partial charge on any atom is 0.417 e. The minimum Gasteiger partial charge on any atom is -0.318 e. The van der Waals surface area contributed by atoms with Crippen molar-refractivity contribution in [1.82, 2.24) is 9.99 Å². The number of carbonyl (C=O) groups is 1. The molecule has 13 heteroatoms. The topological polar surface area (TPSA) is 83.8 Å². The number of aryl methyl sites for hydroxylation is 1. The Morgan fingerprint density at radius 2 is 1.83 bits per heavy atom. The maximum atomic E-state index is 13.2. The van der Waals surface area contributed by atoms with Gasteiger partial charge in [-0.15, -0.1) is 0 Å². The van der Waals surface area contributed by atoms with Gasteiger partial charge in [0, 0.05) is 27.7 Å². The van der Waals surface area contributed by atoms with Gasteiger partial charge in [0.15, 0.2) is 0 Å². The summed E-state index contributed by atoms with van der Waals surface area (Å²) < 4.78 is 66.6. The molecule has 1 heterocycles. The van der Waals surface area contributed by atoms with E-state index in [2.05, 4.69) is 10.5 Å². The van der Waals surface area contributed by atoms with E-state index >= 15 is 0 Å². The molecule has 0 aliphatic heterocycles. The molecule has 0 aliphatic carbocycles. The molecule has 1 aromatic heterocycles. The first-order valence-corrected chi connectivity index (χ1v) is 12.9. The fourth-order valence-electron chi connectivity index (χ4n) is 3.56. The lowest BCUT2D eigenvalue weighted by molar-refractivity contribution is -0.137. The molecular formula is C23H21Cl2F3N4O3S. The Labute approximate surface area is 216 Å². The lowest BCUT2D eigenvalue weighted by atomic mass is 10.2. The number of aromatic nitrogens is 1. The first-order valence-electron chi connectivity index (χ1n) is 10.3. The van der Waals surface area contributed by atoms with E-state index in [1.165, 1.54) is 6.21 Å². The van der Waals surface area contributed by atoms with Gasteiger partial charge in [0.2, 0.25) is 10.0 Å². The molecule has 1 amide bonds. The van der Waals surface area contributed by atoms with Crippen molar-refractivity contribution in [2.45, 2.75) is 20.0 Å². The molecule has 0 bridgehead atoms. The molecule has 3 rings (SSSR count). The Morgan fingerprint density at radius 3 is 2.44 bits per heavy atom. The van der Waals surface area contributed by atoms with Crippen LogP contribution in [0.25, 0.3) is 5.69 Å². The molecule has 0 radical (unpaired) electrons. The minimum atomic E-state index is -4.81. The van der Waals surface area contributed by atoms with Crippen LogP contribution in [0.5, 0.6) is 0 Å². The molecule has 0 saturated heterocycles. The van der Waals surface area contributed by atoms with Gasteiger partial charge >= 0.3 is 6.18 Å². The highest BCUT2D eigenvalue weighted by molar-refractivity contribution is 7.92. The third-order valence-electron chi connectivity index (χ3n) is 5.16. The van der Waals surface area contributed by atoms with Crippen LogP contribution < -0.4 is 9.73 Å². The van der Waals surface area contributed by atoms with Crippen LogP contribution >= 0.6 is 23.2 Å². The summed E-state index contributed by atoms with van der Waals surface area (Å²) in [5, 5.41) is 3.86. The third-order valence-corrected chi connectivity index (χ3v) is 6.87. The van der Waals surface area contributed by atoms with Crippen molar-refractivity contribution in [1.29, 1.82) is 0 Å². The number of sulfonamides is 1. The SMILES string of the molecule is Cc1cc(/C=N\NC(=O)CN(c2ccc(Cl)c(C(F)(F)F)c2)S(C)(=O)=O)c(C)n1-c1cccc(Cl)c1. The van der Waals surface area contributed by atoms with Gasteiger partial charge in [0.1, 0.15) is 6.54 Å². The zero-order valence-corrected chi connectivity index (χ0v) is 21.6. The molecule has 0 unspecified atom stereocenters. The van der Waals surface area contributed by atoms with E-state index in [9.17, 15) is 26.4 Å². The number of rotatable bonds is 7. The van der Waals surface area contributed by atoms with Gasteiger partial charge in [-0.25, -0.2) is 13.8 Å². The van der Waals surface area contributed by atoms with E-state index in [0.717, 1.165) is 35.5 Å². The van der Waals surface area contributed by atoms with Crippen molar-refractivity contribution in [3.05, 3.63) is 81.1 Å². The molecule has 0 spiro atoms. The quantitative estimate of drug-likeness (QED) is 0.313. The predicted octanol–water partition coefficient (Wildman–Crippen LogP) is 5.34. The zero-order chi connectivity index (χ0) is 26.8. The number of benzene rings is 2. The van der Waals surface area contributed by atoms with Crippen LogP contribution in [-0.2, 0) is 21.0 Å². The van der Waals surface area contributed by atoms with Gasteiger partial charge < -0.3 is 4.57 Å². The van der Waals surface area contributed by atoms with Crippen LogP contribution in [0.3, 0.4) is 0 Å². The van der Waals surface area contributed by atoms with Crippen LogP contribution in [0.2, 0.25) is 10.0 Å². The highest BCUT2D eigenvalue weighted by Gasteiger charge is 2.34. The van der Waals surface area contributed by atoms with Crippen molar-refractivity contribution < 1.29 is 26.4 Å². The van der Waals surface area contributed by atoms with Gasteiger partial charge in [-0.2, -0.15) is 18.3 Å². The van der Waals surface area contributed by atoms with Gasteiger partial charge in [0.25, 0.3) is 5.91 Å². The average molecular weight is 561 g/mol. The number of carbonyl (C=O) groups excluding carboxylic acids is 1. The standard InChI is InChI=1S/C23H21Cl2F3N4O3S/c1-14-9-16(15(2)32(14)19-6-4-5-17(24)10-19)12-29-30-22(33)13-31(36(3,34)35)18-7-8-21(25)20(11-18)23(26,27)28/h4-12H,13H2,1-3H3,(H,30,33)/b29-12-. The van der Waals surface area contributed by atoms with Crippen LogP contribution in [-0.4, -0.2) is 37.9 Å². The molecule has 2 aromatic carbocycles. The summed E-state index contributed by atoms with van der Waals surface area (Å²) in [5.41, 5.74) is 3.84. The van der Waals surface area contributed by atoms with Crippen molar-refractivity contribution in [3.8, 4) is 5.69 Å². The van der Waals surface area contributed by atoms with E-state index in [1.807, 2.05) is 36.6 Å². The molecule has 0 saturated carbocycles. The molecule has 3 aromatic rings. The highest BCUT2D eigenvalue weighted by Crippen LogP contribution is 2.37. The number of hydrogen-bond donors (Lipinski definition) is 1. The molecule has 7 nitrogen and oxygen atoms in total. The first kappa shape index (κ1) is 27.6. The van der Waals surface area contributed by atoms with E-state index in [4.69, 9.17) is 23.2 Å². The van der Waals surface area contributed by atoms with E-state index in [-0.39, 0.29) is 5.69 Å². The third kappa shape index (κ3) is 6.40. The second-order valence-corrected chi connectivity index (χ2v) is 10.6. The number of hydrogen-bond acceptors (Lipinski definition) is 4. The summed E-state index contributed by atoms with van der Waals surface area (Å²) in [6, 6.07) is 11.7. The Bertz CT molecular complexity index is 1440. The summed E-state index contributed by atoms with van der Waals surface area (Å²) in [5.74, 6) is -0.858. The molecule has 0 aliphatic rings. The Kier molecular flexibility index (Phi) is 8.07. The summed E-state index contributed by atoms with van der Waals surface area (Å²) in [4.78, 5) is 12.4. The largest absolute Gasteiger partial charge is 0.417 e. The monoisotopic (exact) mass is 560 g/mol. The maximum absolute atomic E-state index is 13.2. The fourth-order valence-corrected chi connectivity index (χ4v) is 4.81. The van der Waals surface area contributed by atoms with Gasteiger partial charge in [-0.05, 0) is 56.3 Å². The molecule has 0 fully saturated rings. The van der Waals surface area contributed by atoms with Gasteiger partial charge in [-0.1, -0.05) is 29.3 Å². The van der Waals surface area contributed by atoms with Crippen molar-refractivity contribution in [2.75, 3.05) is 17.1 Å². The number of hydrazone groups is 1. The fraction of sp³-hybridized carbons (Fsp3) is 0.217.